The zero-order valence-corrected chi connectivity index (χ0v) is 2.21. The summed E-state index contributed by atoms with van der Waals surface area (Å²) < 4.78 is 0. The van der Waals surface area contributed by atoms with Crippen molar-refractivity contribution in [2.75, 3.05) is 0 Å². The first-order valence-corrected chi connectivity index (χ1v) is 0.500. The molecule has 20 valence electrons. The quantitative estimate of drug-likeness (QED) is 0.292. The van der Waals surface area contributed by atoms with Crippen LogP contribution in [0.5, 0.6) is 0 Å². The fourth-order valence-electron chi connectivity index (χ4n) is 0. The zero-order valence-electron chi connectivity index (χ0n) is 4.21. The molecule has 0 atom stereocenters. The second-order valence-corrected chi connectivity index (χ2v) is 0.125. The van der Waals surface area contributed by atoms with E-state index in [1.54, 1.807) is 0 Å². The van der Waals surface area contributed by atoms with Crippen molar-refractivity contribution in [2.45, 2.75) is 0 Å². The van der Waals surface area contributed by atoms with Crippen molar-refractivity contribution < 1.29 is 2.85 Å². The van der Waals surface area contributed by atoms with E-state index in [9.17, 15) is 0 Å². The van der Waals surface area contributed by atoms with Gasteiger partial charge in [-0.3, -0.25) is 0 Å². The van der Waals surface area contributed by atoms with Crippen LogP contribution in [0.15, 0.2) is 0 Å². The second-order valence-electron chi connectivity index (χ2n) is 0.125. The molecular formula is CH4BeN2. The SMILES string of the molecule is N=C=N.[Be+2].[H-].[H-]. The molecule has 0 bridgehead atoms. The van der Waals surface area contributed by atoms with E-state index in [2.05, 4.69) is 0 Å². The Bertz CT molecular complexity index is 32.5. The minimum Gasteiger partial charge on any atom is -1.00 e. The van der Waals surface area contributed by atoms with Gasteiger partial charge in [-0.05, 0) is 0 Å². The maximum Gasteiger partial charge on any atom is 2.00 e. The maximum absolute atomic E-state index is 5.62. The predicted molar refractivity (Wildman–Crippen MR) is 18.4 cm³/mol. The van der Waals surface area contributed by atoms with Crippen molar-refractivity contribution >= 4 is 16.1 Å². The second kappa shape index (κ2) is 20.3. The average molecular weight is 53.1 g/mol. The Balaban J connectivity index is -0.00000000667. The number of hydrogen-bond donors (Lipinski definition) is 2. The first-order chi connectivity index (χ1) is 1.41. The van der Waals surface area contributed by atoms with Gasteiger partial charge >= 0.3 is 10.1 Å². The van der Waals surface area contributed by atoms with Gasteiger partial charge in [0, 0.05) is 0 Å². The Morgan fingerprint density at radius 3 is 1.50 bits per heavy atom. The predicted octanol–water partition coefficient (Wildman–Crippen LogP) is 0.162. The van der Waals surface area contributed by atoms with Crippen molar-refractivity contribution in [3.05, 3.63) is 0 Å². The van der Waals surface area contributed by atoms with Gasteiger partial charge in [0.05, 0.1) is 6.01 Å². The molecule has 0 saturated carbocycles. The van der Waals surface area contributed by atoms with Crippen LogP contribution in [0.2, 0.25) is 0 Å². The Hall–Kier alpha value is -0.451. The normalized spacial score (nSPS) is 2.00. The number of hydrogen-bond acceptors (Lipinski definition) is 2. The van der Waals surface area contributed by atoms with Gasteiger partial charge in [-0.15, -0.1) is 0 Å². The minimum absolute atomic E-state index is 0. The Morgan fingerprint density at radius 2 is 1.50 bits per heavy atom. The first-order valence-electron chi connectivity index (χ1n) is 0.500. The van der Waals surface area contributed by atoms with Gasteiger partial charge in [0.1, 0.15) is 0 Å². The van der Waals surface area contributed by atoms with E-state index in [1.807, 2.05) is 0 Å². The number of rotatable bonds is 0. The van der Waals surface area contributed by atoms with Crippen LogP contribution < -0.4 is 0 Å². The molecule has 0 fully saturated rings. The van der Waals surface area contributed by atoms with E-state index >= 15 is 0 Å². The molecule has 0 saturated heterocycles. The van der Waals surface area contributed by atoms with Gasteiger partial charge in [-0.1, -0.05) is 0 Å². The summed E-state index contributed by atoms with van der Waals surface area (Å²) in [7, 11) is 0. The summed E-state index contributed by atoms with van der Waals surface area (Å²) >= 11 is 0. The fraction of sp³-hybridized carbons (Fsp3) is 0. The zero-order chi connectivity index (χ0) is 2.71. The Morgan fingerprint density at radius 1 is 1.50 bits per heavy atom. The molecule has 0 aromatic carbocycles. The monoisotopic (exact) mass is 53.0 g/mol. The molecule has 2 N–H and O–H groups in total. The van der Waals surface area contributed by atoms with Crippen LogP contribution in [0.4, 0.5) is 0 Å². The molecule has 0 heterocycles. The molecule has 0 aliphatic rings. The molecule has 0 spiro atoms. The molecule has 0 aliphatic carbocycles. The van der Waals surface area contributed by atoms with E-state index in [-0.39, 0.29) is 13.0 Å². The average Bonchev–Trinajstić information content (AvgIpc) is 0.918. The van der Waals surface area contributed by atoms with Crippen molar-refractivity contribution in [1.29, 1.82) is 10.8 Å². The van der Waals surface area contributed by atoms with Gasteiger partial charge in [-0.25, -0.2) is 10.8 Å². The van der Waals surface area contributed by atoms with Gasteiger partial charge < -0.3 is 2.85 Å². The molecule has 0 rings (SSSR count). The summed E-state index contributed by atoms with van der Waals surface area (Å²) in [5.74, 6) is 0. The standard InChI is InChI=1S/CH2N2.Be.2H/c2-1-3;;;/h2-3H;;;/q;+2;2*-1. The van der Waals surface area contributed by atoms with Crippen LogP contribution >= 0.6 is 0 Å². The van der Waals surface area contributed by atoms with Crippen LogP contribution in [-0.2, 0) is 0 Å². The van der Waals surface area contributed by atoms with Crippen LogP contribution in [0.25, 0.3) is 0 Å². The maximum atomic E-state index is 5.62. The summed E-state index contributed by atoms with van der Waals surface area (Å²) in [5.41, 5.74) is 0. The summed E-state index contributed by atoms with van der Waals surface area (Å²) in [6, 6.07) is 1.25. The molecule has 4 heavy (non-hydrogen) atoms. The summed E-state index contributed by atoms with van der Waals surface area (Å²) in [6.07, 6.45) is 0. The van der Waals surface area contributed by atoms with E-state index < -0.39 is 0 Å². The Labute approximate surface area is 31.0 Å². The molecule has 2 nitrogen and oxygen atoms in total. The topological polar surface area (TPSA) is 47.7 Å². The van der Waals surface area contributed by atoms with Gasteiger partial charge in [0.15, 0.2) is 0 Å². The molecular weight excluding hydrogens is 49.0 g/mol. The van der Waals surface area contributed by atoms with E-state index in [0.717, 1.165) is 0 Å². The molecule has 0 aromatic rings. The first kappa shape index (κ1) is 9.61. The summed E-state index contributed by atoms with van der Waals surface area (Å²) in [4.78, 5) is 0. The van der Waals surface area contributed by atoms with E-state index in [0.29, 0.717) is 0 Å². The molecule has 0 unspecified atom stereocenters. The van der Waals surface area contributed by atoms with E-state index in [1.165, 1.54) is 6.01 Å². The van der Waals surface area contributed by atoms with Gasteiger partial charge in [0.25, 0.3) is 0 Å². The van der Waals surface area contributed by atoms with Crippen LogP contribution in [0.3, 0.4) is 0 Å². The van der Waals surface area contributed by atoms with Crippen molar-refractivity contribution in [3.8, 4) is 0 Å². The van der Waals surface area contributed by atoms with Crippen LogP contribution in [0, 0.1) is 10.8 Å². The van der Waals surface area contributed by atoms with Crippen LogP contribution in [0.1, 0.15) is 2.85 Å². The molecule has 0 amide bonds. The molecule has 0 aromatic heterocycles. The van der Waals surface area contributed by atoms with Crippen molar-refractivity contribution in [1.82, 2.24) is 0 Å². The van der Waals surface area contributed by atoms with Crippen LogP contribution in [-0.4, -0.2) is 16.1 Å². The molecule has 0 aliphatic heterocycles. The van der Waals surface area contributed by atoms with Gasteiger partial charge in [0.2, 0.25) is 0 Å². The third kappa shape index (κ3) is 2.29. The fourth-order valence-corrected chi connectivity index (χ4v) is 0. The third-order valence-electron chi connectivity index (χ3n) is 0. The van der Waals surface area contributed by atoms with E-state index in [4.69, 9.17) is 10.8 Å². The van der Waals surface area contributed by atoms with Crippen molar-refractivity contribution in [3.63, 3.8) is 0 Å². The third-order valence-corrected chi connectivity index (χ3v) is 0. The van der Waals surface area contributed by atoms with Crippen molar-refractivity contribution in [2.24, 2.45) is 0 Å². The number of nitrogens with one attached hydrogen (secondary N) is 2. The largest absolute Gasteiger partial charge is 2.00 e. The summed E-state index contributed by atoms with van der Waals surface area (Å²) in [6.45, 7) is 0. The molecule has 3 heteroatoms. The molecule has 0 radical (unpaired) electrons. The minimum atomic E-state index is 0. The Kier molecular flexibility index (Phi) is 48.8. The summed E-state index contributed by atoms with van der Waals surface area (Å²) in [5, 5.41) is 11.2. The smallest absolute Gasteiger partial charge is 1.00 e. The van der Waals surface area contributed by atoms with Gasteiger partial charge in [-0.2, -0.15) is 0 Å².